The van der Waals surface area contributed by atoms with Crippen molar-refractivity contribution in [3.63, 3.8) is 0 Å². The van der Waals surface area contributed by atoms with Gasteiger partial charge in [0.15, 0.2) is 0 Å². The van der Waals surface area contributed by atoms with Gasteiger partial charge in [-0.25, -0.2) is 0 Å². The highest BCUT2D eigenvalue weighted by molar-refractivity contribution is 5.77. The van der Waals surface area contributed by atoms with Crippen molar-refractivity contribution in [3.05, 3.63) is 0 Å². The molecule has 0 radical (unpaired) electrons. The third-order valence-corrected chi connectivity index (χ3v) is 3.31. The van der Waals surface area contributed by atoms with Crippen molar-refractivity contribution in [2.45, 2.75) is 44.6 Å². The molecular weight excluding hydrogens is 176 g/mol. The van der Waals surface area contributed by atoms with Gasteiger partial charge in [0, 0.05) is 25.6 Å². The average molecular weight is 196 g/mol. The monoisotopic (exact) mass is 196 g/mol. The topological polar surface area (TPSA) is 32.3 Å². The lowest BCUT2D eigenvalue weighted by molar-refractivity contribution is -0.132. The Balaban J connectivity index is 1.76. The number of nitrogens with zero attached hydrogens (tertiary/aromatic N) is 1. The Morgan fingerprint density at radius 1 is 1.21 bits per heavy atom. The van der Waals surface area contributed by atoms with Gasteiger partial charge in [-0.1, -0.05) is 12.8 Å². The Hall–Kier alpha value is -0.570. The van der Waals surface area contributed by atoms with E-state index in [-0.39, 0.29) is 0 Å². The fraction of sp³-hybridized carbons (Fsp3) is 0.909. The van der Waals surface area contributed by atoms with Crippen molar-refractivity contribution >= 4 is 5.91 Å². The lowest BCUT2D eigenvalue weighted by Crippen LogP contribution is -2.46. The third kappa shape index (κ3) is 2.47. The minimum atomic E-state index is 0.365. The summed E-state index contributed by atoms with van der Waals surface area (Å²) in [7, 11) is 0. The molecule has 0 aliphatic carbocycles. The van der Waals surface area contributed by atoms with Crippen LogP contribution in [0.25, 0.3) is 0 Å². The van der Waals surface area contributed by atoms with E-state index in [1.807, 2.05) is 0 Å². The lowest BCUT2D eigenvalue weighted by Gasteiger charge is -2.29. The van der Waals surface area contributed by atoms with Gasteiger partial charge in [-0.05, 0) is 25.8 Å². The molecule has 0 aromatic carbocycles. The first-order valence-electron chi connectivity index (χ1n) is 5.87. The maximum Gasteiger partial charge on any atom is 0.224 e. The largest absolute Gasteiger partial charge is 0.343 e. The van der Waals surface area contributed by atoms with E-state index >= 15 is 0 Å². The maximum atomic E-state index is 11.8. The van der Waals surface area contributed by atoms with Crippen LogP contribution in [-0.4, -0.2) is 36.5 Å². The molecule has 2 rings (SSSR count). The van der Waals surface area contributed by atoms with Crippen LogP contribution >= 0.6 is 0 Å². The van der Waals surface area contributed by atoms with E-state index in [1.165, 1.54) is 32.1 Å². The molecule has 2 aliphatic rings. The first-order chi connectivity index (χ1) is 6.86. The number of hydrogen-bond donors (Lipinski definition) is 1. The van der Waals surface area contributed by atoms with Gasteiger partial charge < -0.3 is 10.2 Å². The van der Waals surface area contributed by atoms with E-state index in [2.05, 4.69) is 10.2 Å². The van der Waals surface area contributed by atoms with Gasteiger partial charge in [0.1, 0.15) is 0 Å². The van der Waals surface area contributed by atoms with Crippen LogP contribution in [0.2, 0.25) is 0 Å². The van der Waals surface area contributed by atoms with Crippen LogP contribution < -0.4 is 5.32 Å². The van der Waals surface area contributed by atoms with Crippen LogP contribution in [-0.2, 0) is 4.79 Å². The summed E-state index contributed by atoms with van der Waals surface area (Å²) in [6, 6.07) is 0.478. The van der Waals surface area contributed by atoms with E-state index in [4.69, 9.17) is 0 Å². The summed E-state index contributed by atoms with van der Waals surface area (Å²) in [6.45, 7) is 3.08. The summed E-state index contributed by atoms with van der Waals surface area (Å²) >= 11 is 0. The highest BCUT2D eigenvalue weighted by Gasteiger charge is 2.23. The van der Waals surface area contributed by atoms with E-state index in [1.54, 1.807) is 0 Å². The summed E-state index contributed by atoms with van der Waals surface area (Å²) in [5.74, 6) is 0.365. The number of nitrogens with one attached hydrogen (secondary N) is 1. The van der Waals surface area contributed by atoms with Gasteiger partial charge in [-0.2, -0.15) is 0 Å². The summed E-state index contributed by atoms with van der Waals surface area (Å²) in [5.41, 5.74) is 0. The Morgan fingerprint density at radius 2 is 1.86 bits per heavy atom. The van der Waals surface area contributed by atoms with E-state index in [0.29, 0.717) is 11.9 Å². The van der Waals surface area contributed by atoms with Gasteiger partial charge in [-0.3, -0.25) is 4.79 Å². The number of likely N-dealkylation sites (tertiary alicyclic amines) is 1. The second-order valence-corrected chi connectivity index (χ2v) is 4.44. The van der Waals surface area contributed by atoms with Crippen LogP contribution in [0.3, 0.4) is 0 Å². The Bertz CT molecular complexity index is 193. The maximum absolute atomic E-state index is 11.8. The summed E-state index contributed by atoms with van der Waals surface area (Å²) in [4.78, 5) is 13.9. The molecule has 80 valence electrons. The highest BCUT2D eigenvalue weighted by atomic mass is 16.2. The predicted octanol–water partition coefficient (Wildman–Crippen LogP) is 1.14. The molecule has 2 aliphatic heterocycles. The zero-order valence-corrected chi connectivity index (χ0v) is 8.80. The van der Waals surface area contributed by atoms with E-state index < -0.39 is 0 Å². The number of carbonyl (C=O) groups excluding carboxylic acids is 1. The molecule has 1 amide bonds. The van der Waals surface area contributed by atoms with Crippen molar-refractivity contribution in [2.75, 3.05) is 19.6 Å². The van der Waals surface area contributed by atoms with Crippen molar-refractivity contribution in [2.24, 2.45) is 0 Å². The molecule has 3 heteroatoms. The molecule has 0 aromatic heterocycles. The van der Waals surface area contributed by atoms with Crippen LogP contribution in [0.4, 0.5) is 0 Å². The zero-order valence-electron chi connectivity index (χ0n) is 8.80. The van der Waals surface area contributed by atoms with Gasteiger partial charge in [0.2, 0.25) is 5.91 Å². The van der Waals surface area contributed by atoms with Crippen LogP contribution in [0, 0.1) is 0 Å². The second kappa shape index (κ2) is 4.78. The Labute approximate surface area is 85.8 Å². The third-order valence-electron chi connectivity index (χ3n) is 3.31. The Morgan fingerprint density at radius 3 is 2.36 bits per heavy atom. The molecule has 1 unspecified atom stereocenters. The SMILES string of the molecule is O=C(CC1CCN1)N1CCCCCC1. The van der Waals surface area contributed by atoms with E-state index in [9.17, 15) is 4.79 Å². The number of carbonyl (C=O) groups is 1. The number of rotatable bonds is 2. The first-order valence-corrected chi connectivity index (χ1v) is 5.87. The molecule has 3 nitrogen and oxygen atoms in total. The second-order valence-electron chi connectivity index (χ2n) is 4.44. The van der Waals surface area contributed by atoms with Crippen molar-refractivity contribution in [1.82, 2.24) is 10.2 Å². The van der Waals surface area contributed by atoms with Crippen molar-refractivity contribution in [3.8, 4) is 0 Å². The predicted molar refractivity (Wildman–Crippen MR) is 56.1 cm³/mol. The van der Waals surface area contributed by atoms with Gasteiger partial charge >= 0.3 is 0 Å². The van der Waals surface area contributed by atoms with Crippen LogP contribution in [0.15, 0.2) is 0 Å². The molecule has 14 heavy (non-hydrogen) atoms. The number of hydrogen-bond acceptors (Lipinski definition) is 2. The molecule has 0 saturated carbocycles. The lowest BCUT2D eigenvalue weighted by atomic mass is 10.0. The zero-order chi connectivity index (χ0) is 9.80. The molecule has 0 aromatic rings. The minimum absolute atomic E-state index is 0.365. The van der Waals surface area contributed by atoms with Gasteiger partial charge in [-0.15, -0.1) is 0 Å². The van der Waals surface area contributed by atoms with E-state index in [0.717, 1.165) is 26.1 Å². The normalized spacial score (nSPS) is 28.0. The van der Waals surface area contributed by atoms with Gasteiger partial charge in [0.05, 0.1) is 0 Å². The Kier molecular flexibility index (Phi) is 3.40. The fourth-order valence-electron chi connectivity index (χ4n) is 2.18. The number of amides is 1. The molecule has 2 heterocycles. The molecular formula is C11H20N2O. The molecule has 1 N–H and O–H groups in total. The summed E-state index contributed by atoms with van der Waals surface area (Å²) < 4.78 is 0. The van der Waals surface area contributed by atoms with Crippen molar-refractivity contribution in [1.29, 1.82) is 0 Å². The smallest absolute Gasteiger partial charge is 0.224 e. The molecule has 2 fully saturated rings. The van der Waals surface area contributed by atoms with Crippen LogP contribution in [0.5, 0.6) is 0 Å². The van der Waals surface area contributed by atoms with Crippen molar-refractivity contribution < 1.29 is 4.79 Å². The van der Waals surface area contributed by atoms with Crippen LogP contribution in [0.1, 0.15) is 38.5 Å². The quantitative estimate of drug-likeness (QED) is 0.718. The highest BCUT2D eigenvalue weighted by Crippen LogP contribution is 2.13. The first kappa shape index (κ1) is 9.97. The van der Waals surface area contributed by atoms with Gasteiger partial charge in [0.25, 0.3) is 0 Å². The summed E-state index contributed by atoms with van der Waals surface area (Å²) in [5, 5.41) is 3.28. The fourth-order valence-corrected chi connectivity index (χ4v) is 2.18. The molecule has 0 spiro atoms. The average Bonchev–Trinajstić information content (AvgIpc) is 2.38. The molecule has 1 atom stereocenters. The summed E-state index contributed by atoms with van der Waals surface area (Å²) in [6.07, 6.45) is 6.89. The minimum Gasteiger partial charge on any atom is -0.343 e. The molecule has 2 saturated heterocycles. The molecule has 0 bridgehead atoms. The standard InChI is InChI=1S/C11H20N2O/c14-11(9-10-5-6-12-10)13-7-3-1-2-4-8-13/h10,12H,1-9H2.